The SMILES string of the molecule is Cc1cc(/C=C/c2cc(C)c(O)c(C(C)(C)C)c2)cc(C(C)(C)C)c1O. The van der Waals surface area contributed by atoms with Crippen LogP contribution in [0.3, 0.4) is 0 Å². The first-order valence-corrected chi connectivity index (χ1v) is 9.17. The van der Waals surface area contributed by atoms with Crippen LogP contribution in [-0.4, -0.2) is 10.2 Å². The van der Waals surface area contributed by atoms with E-state index >= 15 is 0 Å². The summed E-state index contributed by atoms with van der Waals surface area (Å²) in [5.74, 6) is 0.760. The first-order chi connectivity index (χ1) is 11.8. The van der Waals surface area contributed by atoms with Crippen LogP contribution in [0.1, 0.15) is 74.9 Å². The van der Waals surface area contributed by atoms with Gasteiger partial charge >= 0.3 is 0 Å². The van der Waals surface area contributed by atoms with Crippen molar-refractivity contribution in [3.63, 3.8) is 0 Å². The summed E-state index contributed by atoms with van der Waals surface area (Å²) in [6, 6.07) is 8.10. The molecule has 0 aliphatic carbocycles. The van der Waals surface area contributed by atoms with Gasteiger partial charge in [0.05, 0.1) is 0 Å². The smallest absolute Gasteiger partial charge is 0.122 e. The summed E-state index contributed by atoms with van der Waals surface area (Å²) in [5.41, 5.74) is 5.56. The molecule has 0 bridgehead atoms. The van der Waals surface area contributed by atoms with Crippen molar-refractivity contribution in [1.29, 1.82) is 0 Å². The Morgan fingerprint density at radius 3 is 1.19 bits per heavy atom. The maximum Gasteiger partial charge on any atom is 0.122 e. The molecule has 2 heteroatoms. The average molecular weight is 353 g/mol. The number of rotatable bonds is 2. The number of aryl methyl sites for hydroxylation is 2. The normalized spacial score (nSPS) is 12.8. The highest BCUT2D eigenvalue weighted by Crippen LogP contribution is 2.36. The van der Waals surface area contributed by atoms with E-state index in [2.05, 4.69) is 65.8 Å². The lowest BCUT2D eigenvalue weighted by molar-refractivity contribution is 0.442. The summed E-state index contributed by atoms with van der Waals surface area (Å²) in [7, 11) is 0. The number of benzene rings is 2. The van der Waals surface area contributed by atoms with Gasteiger partial charge in [0.1, 0.15) is 11.5 Å². The van der Waals surface area contributed by atoms with Crippen molar-refractivity contribution in [2.45, 2.75) is 66.2 Å². The molecular formula is C24H32O2. The Balaban J connectivity index is 2.49. The fraction of sp³-hybridized carbons (Fsp3) is 0.417. The number of hydrogen-bond acceptors (Lipinski definition) is 2. The molecule has 0 atom stereocenters. The molecule has 0 aliphatic heterocycles. The minimum absolute atomic E-state index is 0.118. The van der Waals surface area contributed by atoms with Crippen LogP contribution < -0.4 is 0 Å². The van der Waals surface area contributed by atoms with E-state index in [1.165, 1.54) is 0 Å². The van der Waals surface area contributed by atoms with Crippen LogP contribution in [-0.2, 0) is 10.8 Å². The largest absolute Gasteiger partial charge is 0.507 e. The van der Waals surface area contributed by atoms with Gasteiger partial charge in [-0.05, 0) is 71.2 Å². The molecule has 2 rings (SSSR count). The molecule has 2 aromatic rings. The van der Waals surface area contributed by atoms with Crippen LogP contribution in [0.2, 0.25) is 0 Å². The lowest BCUT2D eigenvalue weighted by Crippen LogP contribution is -2.12. The van der Waals surface area contributed by atoms with Gasteiger partial charge in [-0.15, -0.1) is 0 Å². The molecule has 0 radical (unpaired) electrons. The predicted molar refractivity (Wildman–Crippen MR) is 112 cm³/mol. The van der Waals surface area contributed by atoms with Crippen molar-refractivity contribution in [1.82, 2.24) is 0 Å². The van der Waals surface area contributed by atoms with Crippen LogP contribution >= 0.6 is 0 Å². The van der Waals surface area contributed by atoms with E-state index in [9.17, 15) is 10.2 Å². The molecule has 0 unspecified atom stereocenters. The Bertz CT molecular complexity index is 772. The molecule has 0 aliphatic rings. The van der Waals surface area contributed by atoms with Crippen molar-refractivity contribution >= 4 is 12.2 Å². The quantitative estimate of drug-likeness (QED) is 0.607. The van der Waals surface area contributed by atoms with Crippen LogP contribution in [0.5, 0.6) is 11.5 Å². The van der Waals surface area contributed by atoms with Gasteiger partial charge in [-0.3, -0.25) is 0 Å². The molecule has 0 aromatic heterocycles. The molecule has 0 heterocycles. The van der Waals surface area contributed by atoms with E-state index in [1.807, 2.05) is 26.0 Å². The minimum atomic E-state index is -0.118. The molecule has 0 amide bonds. The van der Waals surface area contributed by atoms with E-state index in [4.69, 9.17) is 0 Å². The zero-order valence-electron chi connectivity index (χ0n) is 17.4. The van der Waals surface area contributed by atoms with Crippen LogP contribution in [0.4, 0.5) is 0 Å². The second kappa shape index (κ2) is 6.83. The molecule has 2 nitrogen and oxygen atoms in total. The minimum Gasteiger partial charge on any atom is -0.507 e. The van der Waals surface area contributed by atoms with Gasteiger partial charge in [0.15, 0.2) is 0 Å². The molecule has 2 aromatic carbocycles. The Hall–Kier alpha value is -2.22. The summed E-state index contributed by atoms with van der Waals surface area (Å²) in [5, 5.41) is 20.8. The molecule has 0 fully saturated rings. The lowest BCUT2D eigenvalue weighted by Gasteiger charge is -2.22. The van der Waals surface area contributed by atoms with E-state index < -0.39 is 0 Å². The summed E-state index contributed by atoms with van der Waals surface area (Å²) < 4.78 is 0. The van der Waals surface area contributed by atoms with Crippen molar-refractivity contribution < 1.29 is 10.2 Å². The third-order valence-corrected chi connectivity index (χ3v) is 4.73. The van der Waals surface area contributed by atoms with Gasteiger partial charge in [-0.25, -0.2) is 0 Å². The molecular weight excluding hydrogens is 320 g/mol. The first kappa shape index (κ1) is 20.1. The second-order valence-electron chi connectivity index (χ2n) is 9.30. The fourth-order valence-electron chi connectivity index (χ4n) is 3.14. The Morgan fingerprint density at radius 1 is 0.615 bits per heavy atom. The average Bonchev–Trinajstić information content (AvgIpc) is 2.49. The highest BCUT2D eigenvalue weighted by molar-refractivity contribution is 5.72. The van der Waals surface area contributed by atoms with Gasteiger partial charge in [0.2, 0.25) is 0 Å². The van der Waals surface area contributed by atoms with Crippen molar-refractivity contribution in [3.05, 3.63) is 57.6 Å². The number of phenols is 2. The van der Waals surface area contributed by atoms with E-state index in [0.717, 1.165) is 33.4 Å². The van der Waals surface area contributed by atoms with Crippen LogP contribution in [0, 0.1) is 13.8 Å². The highest BCUT2D eigenvalue weighted by atomic mass is 16.3. The summed E-state index contributed by atoms with van der Waals surface area (Å²) >= 11 is 0. The third-order valence-electron chi connectivity index (χ3n) is 4.73. The van der Waals surface area contributed by atoms with E-state index in [-0.39, 0.29) is 10.8 Å². The number of hydrogen-bond donors (Lipinski definition) is 2. The van der Waals surface area contributed by atoms with Gasteiger partial charge < -0.3 is 10.2 Å². The van der Waals surface area contributed by atoms with Crippen LogP contribution in [0.25, 0.3) is 12.2 Å². The first-order valence-electron chi connectivity index (χ1n) is 9.17. The molecule has 2 N–H and O–H groups in total. The predicted octanol–water partition coefficient (Wildman–Crippen LogP) is 6.48. The zero-order valence-corrected chi connectivity index (χ0v) is 17.4. The maximum atomic E-state index is 10.4. The summed E-state index contributed by atoms with van der Waals surface area (Å²) in [4.78, 5) is 0. The topological polar surface area (TPSA) is 40.5 Å². The molecule has 0 saturated heterocycles. The van der Waals surface area contributed by atoms with E-state index in [1.54, 1.807) is 0 Å². The lowest BCUT2D eigenvalue weighted by atomic mass is 9.83. The van der Waals surface area contributed by atoms with Crippen molar-refractivity contribution in [2.75, 3.05) is 0 Å². The monoisotopic (exact) mass is 352 g/mol. The zero-order chi connectivity index (χ0) is 19.9. The third kappa shape index (κ3) is 4.30. The summed E-state index contributed by atoms with van der Waals surface area (Å²) in [6.45, 7) is 16.5. The maximum absolute atomic E-state index is 10.4. The van der Waals surface area contributed by atoms with Gasteiger partial charge in [-0.2, -0.15) is 0 Å². The summed E-state index contributed by atoms with van der Waals surface area (Å²) in [6.07, 6.45) is 4.14. The number of aromatic hydroxyl groups is 2. The fourth-order valence-corrected chi connectivity index (χ4v) is 3.14. The molecule has 0 spiro atoms. The van der Waals surface area contributed by atoms with Crippen molar-refractivity contribution in [3.8, 4) is 11.5 Å². The Morgan fingerprint density at radius 2 is 0.923 bits per heavy atom. The highest BCUT2D eigenvalue weighted by Gasteiger charge is 2.21. The van der Waals surface area contributed by atoms with Crippen molar-refractivity contribution in [2.24, 2.45) is 0 Å². The van der Waals surface area contributed by atoms with E-state index in [0.29, 0.717) is 11.5 Å². The van der Waals surface area contributed by atoms with Gasteiger partial charge in [0, 0.05) is 11.1 Å². The van der Waals surface area contributed by atoms with Gasteiger partial charge in [-0.1, -0.05) is 53.7 Å². The van der Waals surface area contributed by atoms with Gasteiger partial charge in [0.25, 0.3) is 0 Å². The molecule has 0 saturated carbocycles. The standard InChI is InChI=1S/C24H32O2/c1-15-11-17(13-19(21(15)25)23(3,4)5)9-10-18-12-16(2)22(26)20(14-18)24(6,7)8/h9-14,25-26H,1-8H3/b10-9+. The molecule has 26 heavy (non-hydrogen) atoms. The van der Waals surface area contributed by atoms with Crippen LogP contribution in [0.15, 0.2) is 24.3 Å². The number of phenolic OH excluding ortho intramolecular Hbond substituents is 2. The Kier molecular flexibility index (Phi) is 5.28. The molecule has 140 valence electrons. The Labute approximate surface area is 158 Å². The second-order valence-corrected chi connectivity index (χ2v) is 9.30.